The second kappa shape index (κ2) is 5.05. The summed E-state index contributed by atoms with van der Waals surface area (Å²) in [6.45, 7) is 8.05. The minimum Gasteiger partial charge on any atom is -0.311 e. The fourth-order valence-corrected chi connectivity index (χ4v) is 5.27. The zero-order chi connectivity index (χ0) is 15.3. The molecule has 1 aromatic rings. The Bertz CT molecular complexity index is 630. The summed E-state index contributed by atoms with van der Waals surface area (Å²) in [6, 6.07) is 0.110. The molecule has 2 aliphatic rings. The predicted molar refractivity (Wildman–Crippen MR) is 80.6 cm³/mol. The highest BCUT2D eigenvalue weighted by atomic mass is 32.2. The largest absolute Gasteiger partial charge is 0.311 e. The molecule has 6 nitrogen and oxygen atoms in total. The van der Waals surface area contributed by atoms with Gasteiger partial charge in [0.15, 0.2) is 21.5 Å². The van der Waals surface area contributed by atoms with Gasteiger partial charge in [0.1, 0.15) is 5.25 Å². The molecular weight excluding hydrogens is 288 g/mol. The van der Waals surface area contributed by atoms with Crippen LogP contribution in [-0.4, -0.2) is 35.5 Å². The van der Waals surface area contributed by atoms with E-state index in [4.69, 9.17) is 0 Å². The van der Waals surface area contributed by atoms with Crippen molar-refractivity contribution in [3.8, 4) is 0 Å². The van der Waals surface area contributed by atoms with Gasteiger partial charge in [-0.25, -0.2) is 8.42 Å². The third kappa shape index (κ3) is 2.61. The lowest BCUT2D eigenvalue weighted by Gasteiger charge is -2.35. The van der Waals surface area contributed by atoms with Gasteiger partial charge in [-0.15, -0.1) is 10.2 Å². The average molecular weight is 312 g/mol. The summed E-state index contributed by atoms with van der Waals surface area (Å²) in [5.41, 5.74) is 0.0217. The van der Waals surface area contributed by atoms with Gasteiger partial charge in [0.25, 0.3) is 0 Å². The van der Waals surface area contributed by atoms with Gasteiger partial charge >= 0.3 is 0 Å². The molecule has 7 heteroatoms. The number of rotatable bonds is 1. The lowest BCUT2D eigenvalue weighted by Crippen LogP contribution is -2.41. The zero-order valence-corrected chi connectivity index (χ0v) is 13.8. The molecule has 0 saturated carbocycles. The summed E-state index contributed by atoms with van der Waals surface area (Å²) < 4.78 is 26.7. The third-order valence-corrected chi connectivity index (χ3v) is 6.65. The topological polar surface area (TPSA) is 76.9 Å². The Kier molecular flexibility index (Phi) is 3.60. The molecule has 1 fully saturated rings. The fraction of sp³-hybridized carbons (Fsp3) is 0.857. The molecule has 0 radical (unpaired) electrons. The quantitative estimate of drug-likeness (QED) is 0.852. The zero-order valence-electron chi connectivity index (χ0n) is 13.0. The summed E-state index contributed by atoms with van der Waals surface area (Å²) in [5, 5.41) is 11.6. The molecule has 2 unspecified atom stereocenters. The molecule has 2 aliphatic heterocycles. The lowest BCUT2D eigenvalue weighted by atomic mass is 9.85. The Morgan fingerprint density at radius 1 is 1.19 bits per heavy atom. The van der Waals surface area contributed by atoms with Gasteiger partial charge in [0.05, 0.1) is 11.8 Å². The van der Waals surface area contributed by atoms with Crippen LogP contribution in [0, 0.1) is 5.41 Å². The first-order valence-corrected chi connectivity index (χ1v) is 9.40. The number of hydrogen-bond acceptors (Lipinski definition) is 5. The Hall–Kier alpha value is -0.950. The summed E-state index contributed by atoms with van der Waals surface area (Å²) in [7, 11) is -3.08. The molecule has 0 amide bonds. The van der Waals surface area contributed by atoms with Crippen molar-refractivity contribution in [3.63, 3.8) is 0 Å². The van der Waals surface area contributed by atoms with Crippen molar-refractivity contribution in [1.82, 2.24) is 20.1 Å². The van der Waals surface area contributed by atoms with E-state index in [1.54, 1.807) is 0 Å². The van der Waals surface area contributed by atoms with Crippen LogP contribution in [0.4, 0.5) is 0 Å². The Labute approximate surface area is 126 Å². The van der Waals surface area contributed by atoms with Crippen molar-refractivity contribution < 1.29 is 8.42 Å². The maximum absolute atomic E-state index is 12.3. The van der Waals surface area contributed by atoms with Gasteiger partial charge < -0.3 is 9.88 Å². The first-order valence-electron chi connectivity index (χ1n) is 7.68. The smallest absolute Gasteiger partial charge is 0.160 e. The average Bonchev–Trinajstić information content (AvgIpc) is 2.80. The van der Waals surface area contributed by atoms with Crippen LogP contribution in [0.2, 0.25) is 0 Å². The molecule has 1 saturated heterocycles. The summed E-state index contributed by atoms with van der Waals surface area (Å²) >= 11 is 0. The van der Waals surface area contributed by atoms with Crippen LogP contribution in [0.1, 0.15) is 63.0 Å². The van der Waals surface area contributed by atoms with Crippen LogP contribution in [0.5, 0.6) is 0 Å². The number of sulfone groups is 1. The lowest BCUT2D eigenvalue weighted by molar-refractivity contribution is 0.232. The van der Waals surface area contributed by atoms with Gasteiger partial charge in [-0.05, 0) is 18.3 Å². The van der Waals surface area contributed by atoms with Crippen LogP contribution in [0.25, 0.3) is 0 Å². The van der Waals surface area contributed by atoms with E-state index in [1.807, 2.05) is 4.57 Å². The molecule has 3 rings (SSSR count). The number of nitrogens with zero attached hydrogens (tertiary/aromatic N) is 3. The highest BCUT2D eigenvalue weighted by molar-refractivity contribution is 7.91. The van der Waals surface area contributed by atoms with Crippen molar-refractivity contribution in [2.75, 3.05) is 12.3 Å². The van der Waals surface area contributed by atoms with Crippen LogP contribution < -0.4 is 5.32 Å². The van der Waals surface area contributed by atoms with E-state index in [1.165, 1.54) is 0 Å². The molecule has 0 bridgehead atoms. The first kappa shape index (κ1) is 15.0. The Balaban J connectivity index is 2.02. The van der Waals surface area contributed by atoms with E-state index in [0.717, 1.165) is 31.8 Å². The highest BCUT2D eigenvalue weighted by Gasteiger charge is 2.39. The molecule has 0 aromatic carbocycles. The van der Waals surface area contributed by atoms with Crippen LogP contribution in [0.3, 0.4) is 0 Å². The van der Waals surface area contributed by atoms with Crippen molar-refractivity contribution in [3.05, 3.63) is 11.6 Å². The summed E-state index contributed by atoms with van der Waals surface area (Å²) in [5.74, 6) is 1.81. The number of aromatic nitrogens is 3. The van der Waals surface area contributed by atoms with Crippen LogP contribution >= 0.6 is 0 Å². The summed E-state index contributed by atoms with van der Waals surface area (Å²) in [4.78, 5) is 0. The molecule has 0 spiro atoms. The normalized spacial score (nSPS) is 29.1. The van der Waals surface area contributed by atoms with E-state index in [2.05, 4.69) is 36.3 Å². The molecule has 21 heavy (non-hydrogen) atoms. The highest BCUT2D eigenvalue weighted by Crippen LogP contribution is 2.37. The minimum atomic E-state index is -3.08. The predicted octanol–water partition coefficient (Wildman–Crippen LogP) is 1.61. The molecule has 3 heterocycles. The molecule has 1 N–H and O–H groups in total. The van der Waals surface area contributed by atoms with E-state index in [-0.39, 0.29) is 17.2 Å². The van der Waals surface area contributed by atoms with Gasteiger partial charge in [-0.2, -0.15) is 0 Å². The Morgan fingerprint density at radius 2 is 1.90 bits per heavy atom. The molecule has 0 aliphatic carbocycles. The van der Waals surface area contributed by atoms with Crippen molar-refractivity contribution in [2.24, 2.45) is 5.41 Å². The van der Waals surface area contributed by atoms with Gasteiger partial charge in [0, 0.05) is 13.1 Å². The second-order valence-corrected chi connectivity index (χ2v) is 9.48. The van der Waals surface area contributed by atoms with Crippen molar-refractivity contribution in [1.29, 1.82) is 0 Å². The van der Waals surface area contributed by atoms with E-state index >= 15 is 0 Å². The van der Waals surface area contributed by atoms with Crippen LogP contribution in [-0.2, 0) is 16.4 Å². The van der Waals surface area contributed by atoms with Crippen molar-refractivity contribution in [2.45, 2.75) is 57.9 Å². The summed E-state index contributed by atoms with van der Waals surface area (Å²) in [6.07, 6.45) is 2.40. The fourth-order valence-electron chi connectivity index (χ4n) is 3.36. The molecule has 2 atom stereocenters. The molecule has 1 aromatic heterocycles. The molecule has 118 valence electrons. The number of hydrogen-bond donors (Lipinski definition) is 1. The van der Waals surface area contributed by atoms with E-state index in [9.17, 15) is 8.42 Å². The molecular formula is C14H24N4O2S. The monoisotopic (exact) mass is 312 g/mol. The third-order valence-electron chi connectivity index (χ3n) is 4.48. The maximum Gasteiger partial charge on any atom is 0.160 e. The van der Waals surface area contributed by atoms with Crippen LogP contribution in [0.15, 0.2) is 0 Å². The SMILES string of the molecule is CC(C)(C)C1NCCn2c1nnc2C1CCCCS1(=O)=O. The second-order valence-electron chi connectivity index (χ2n) is 7.17. The number of fused-ring (bicyclic) bond motifs is 1. The minimum absolute atomic E-state index is 0.0217. The van der Waals surface area contributed by atoms with E-state index in [0.29, 0.717) is 12.2 Å². The van der Waals surface area contributed by atoms with Gasteiger partial charge in [-0.3, -0.25) is 0 Å². The van der Waals surface area contributed by atoms with E-state index < -0.39 is 15.1 Å². The number of nitrogens with one attached hydrogen (secondary N) is 1. The maximum atomic E-state index is 12.3. The van der Waals surface area contributed by atoms with Gasteiger partial charge in [0.2, 0.25) is 0 Å². The first-order chi connectivity index (χ1) is 9.81. The standard InChI is InChI=1S/C14H24N4O2S/c1-14(2,3)11-13-17-16-12(18(13)8-7-15-11)10-6-4-5-9-21(10,19)20/h10-11,15H,4-9H2,1-3H3. The van der Waals surface area contributed by atoms with Gasteiger partial charge in [-0.1, -0.05) is 27.2 Å². The van der Waals surface area contributed by atoms with Crippen molar-refractivity contribution >= 4 is 9.84 Å². The Morgan fingerprint density at radius 3 is 2.57 bits per heavy atom.